The van der Waals surface area contributed by atoms with Crippen LogP contribution in [-0.4, -0.2) is 28.1 Å². The first kappa shape index (κ1) is 11.7. The van der Waals surface area contributed by atoms with Crippen LogP contribution in [0.1, 0.15) is 31.2 Å². The molecule has 0 radical (unpaired) electrons. The molecule has 0 atom stereocenters. The summed E-state index contributed by atoms with van der Waals surface area (Å²) in [7, 11) is 0. The third-order valence-corrected chi connectivity index (χ3v) is 4.63. The van der Waals surface area contributed by atoms with Gasteiger partial charge in [0.2, 0.25) is 0 Å². The maximum atomic E-state index is 11.7. The van der Waals surface area contributed by atoms with Crippen LogP contribution < -0.4 is 0 Å². The summed E-state index contributed by atoms with van der Waals surface area (Å²) in [5.41, 5.74) is 0.621. The number of carboxylic acid groups (broad SMARTS) is 1. The lowest BCUT2D eigenvalue weighted by molar-refractivity contribution is -0.162. The molecule has 2 heterocycles. The summed E-state index contributed by atoms with van der Waals surface area (Å²) in [6.45, 7) is 1.71. The molecule has 0 unspecified atom stereocenters. The molecule has 3 heteroatoms. The van der Waals surface area contributed by atoms with Crippen molar-refractivity contribution in [3.63, 3.8) is 0 Å². The molecule has 3 nitrogen and oxygen atoms in total. The number of hydrogen-bond donors (Lipinski definition) is 1. The Labute approximate surface area is 107 Å². The van der Waals surface area contributed by atoms with E-state index in [-0.39, 0.29) is 0 Å². The molecule has 1 aromatic rings. The van der Waals surface area contributed by atoms with Crippen LogP contribution in [0.25, 0.3) is 0 Å². The van der Waals surface area contributed by atoms with Crippen molar-refractivity contribution < 1.29 is 9.90 Å². The topological polar surface area (TPSA) is 40.5 Å². The van der Waals surface area contributed by atoms with Gasteiger partial charge in [-0.1, -0.05) is 30.3 Å². The zero-order chi connectivity index (χ0) is 12.6. The van der Waals surface area contributed by atoms with Crippen molar-refractivity contribution in [3.8, 4) is 0 Å². The van der Waals surface area contributed by atoms with Crippen LogP contribution >= 0.6 is 0 Å². The molecule has 2 bridgehead atoms. The second kappa shape index (κ2) is 4.39. The van der Waals surface area contributed by atoms with E-state index in [1.807, 2.05) is 18.2 Å². The van der Waals surface area contributed by atoms with E-state index in [1.165, 1.54) is 5.56 Å². The normalized spacial score (nSPS) is 31.4. The first-order valence-corrected chi connectivity index (χ1v) is 6.73. The van der Waals surface area contributed by atoms with Crippen molar-refractivity contribution in [1.29, 1.82) is 0 Å². The van der Waals surface area contributed by atoms with Gasteiger partial charge in [-0.25, -0.2) is 0 Å². The molecule has 0 aromatic heterocycles. The number of aliphatic carboxylic acids is 1. The fraction of sp³-hybridized carbons (Fsp3) is 0.533. The minimum absolute atomic E-state index is 0.593. The highest BCUT2D eigenvalue weighted by Crippen LogP contribution is 2.43. The number of nitrogens with zero attached hydrogens (tertiary/aromatic N) is 1. The summed E-state index contributed by atoms with van der Waals surface area (Å²) in [6, 6.07) is 10.2. The van der Waals surface area contributed by atoms with Crippen molar-refractivity contribution in [3.05, 3.63) is 35.9 Å². The molecule has 1 aliphatic carbocycles. The van der Waals surface area contributed by atoms with Crippen LogP contribution in [0.5, 0.6) is 0 Å². The third kappa shape index (κ3) is 1.83. The van der Waals surface area contributed by atoms with E-state index in [4.69, 9.17) is 0 Å². The Morgan fingerprint density at radius 3 is 2.56 bits per heavy atom. The van der Waals surface area contributed by atoms with E-state index in [0.29, 0.717) is 5.92 Å². The Kier molecular flexibility index (Phi) is 2.86. The third-order valence-electron chi connectivity index (χ3n) is 4.63. The second-order valence-corrected chi connectivity index (χ2v) is 5.65. The fourth-order valence-corrected chi connectivity index (χ4v) is 3.51. The van der Waals surface area contributed by atoms with Crippen LogP contribution in [0.4, 0.5) is 0 Å². The van der Waals surface area contributed by atoms with Gasteiger partial charge in [0.15, 0.2) is 0 Å². The number of carboxylic acids is 1. The lowest BCUT2D eigenvalue weighted by Gasteiger charge is -2.52. The summed E-state index contributed by atoms with van der Waals surface area (Å²) in [5.74, 6) is 0.0755. The minimum atomic E-state index is -0.628. The molecule has 18 heavy (non-hydrogen) atoms. The Morgan fingerprint density at radius 1 is 1.28 bits per heavy atom. The summed E-state index contributed by atoms with van der Waals surface area (Å²) < 4.78 is 0. The molecule has 1 N–H and O–H groups in total. The number of carbonyl (C=O) groups is 1. The van der Waals surface area contributed by atoms with Crippen molar-refractivity contribution in [1.82, 2.24) is 4.90 Å². The van der Waals surface area contributed by atoms with E-state index >= 15 is 0 Å². The van der Waals surface area contributed by atoms with Gasteiger partial charge >= 0.3 is 5.97 Å². The maximum absolute atomic E-state index is 11.7. The maximum Gasteiger partial charge on any atom is 0.324 e. The first-order chi connectivity index (χ1) is 8.71. The van der Waals surface area contributed by atoms with Gasteiger partial charge in [-0.15, -0.1) is 0 Å². The molecule has 3 aliphatic rings. The highest BCUT2D eigenvalue weighted by molar-refractivity contribution is 5.79. The van der Waals surface area contributed by atoms with Crippen LogP contribution in [0.15, 0.2) is 30.3 Å². The minimum Gasteiger partial charge on any atom is -0.480 e. The quantitative estimate of drug-likeness (QED) is 0.889. The monoisotopic (exact) mass is 245 g/mol. The average Bonchev–Trinajstić information content (AvgIpc) is 2.41. The summed E-state index contributed by atoms with van der Waals surface area (Å²) in [6.07, 6.45) is 3.80. The standard InChI is InChI=1S/C15H19NO2/c17-14(18)15-8-6-13(7-9-15)11-16(15)10-12-4-2-1-3-5-12/h1-5,13H,6-11H2,(H,17,18). The molecular formula is C15H19NO2. The predicted octanol–water partition coefficient (Wildman–Crippen LogP) is 2.52. The van der Waals surface area contributed by atoms with Gasteiger partial charge < -0.3 is 5.11 Å². The number of hydrogen-bond acceptors (Lipinski definition) is 2. The van der Waals surface area contributed by atoms with E-state index in [0.717, 1.165) is 38.8 Å². The molecule has 1 saturated carbocycles. The first-order valence-electron chi connectivity index (χ1n) is 6.73. The predicted molar refractivity (Wildman–Crippen MR) is 69.2 cm³/mol. The number of benzene rings is 1. The molecule has 0 spiro atoms. The highest BCUT2D eigenvalue weighted by atomic mass is 16.4. The van der Waals surface area contributed by atoms with Crippen molar-refractivity contribution in [2.45, 2.75) is 37.8 Å². The molecule has 96 valence electrons. The van der Waals surface area contributed by atoms with Gasteiger partial charge in [-0.3, -0.25) is 9.69 Å². The summed E-state index contributed by atoms with van der Waals surface area (Å²) in [4.78, 5) is 13.9. The Morgan fingerprint density at radius 2 is 1.94 bits per heavy atom. The van der Waals surface area contributed by atoms with Crippen LogP contribution in [-0.2, 0) is 11.3 Å². The molecule has 2 saturated heterocycles. The number of fused-ring (bicyclic) bond motifs is 3. The lowest BCUT2D eigenvalue weighted by Crippen LogP contribution is -2.62. The second-order valence-electron chi connectivity index (χ2n) is 5.65. The summed E-state index contributed by atoms with van der Waals surface area (Å²) >= 11 is 0. The largest absolute Gasteiger partial charge is 0.480 e. The molecule has 4 rings (SSSR count). The average molecular weight is 245 g/mol. The van der Waals surface area contributed by atoms with E-state index in [2.05, 4.69) is 17.0 Å². The molecule has 1 aromatic carbocycles. The Balaban J connectivity index is 1.84. The number of piperidine rings is 2. The van der Waals surface area contributed by atoms with Gasteiger partial charge in [0, 0.05) is 13.1 Å². The van der Waals surface area contributed by atoms with Gasteiger partial charge in [-0.2, -0.15) is 0 Å². The zero-order valence-corrected chi connectivity index (χ0v) is 10.5. The fourth-order valence-electron chi connectivity index (χ4n) is 3.51. The lowest BCUT2D eigenvalue weighted by atomic mass is 9.70. The SMILES string of the molecule is O=C(O)C12CCC(CC1)CN2Cc1ccccc1. The van der Waals surface area contributed by atoms with Gasteiger partial charge in [0.25, 0.3) is 0 Å². The van der Waals surface area contributed by atoms with Crippen molar-refractivity contribution in [2.75, 3.05) is 6.54 Å². The van der Waals surface area contributed by atoms with Crippen molar-refractivity contribution >= 4 is 5.97 Å². The Bertz CT molecular complexity index is 435. The van der Waals surface area contributed by atoms with E-state index in [1.54, 1.807) is 0 Å². The molecule has 3 fully saturated rings. The molecular weight excluding hydrogens is 226 g/mol. The van der Waals surface area contributed by atoms with Crippen LogP contribution in [0.3, 0.4) is 0 Å². The van der Waals surface area contributed by atoms with Gasteiger partial charge in [0.1, 0.15) is 5.54 Å². The van der Waals surface area contributed by atoms with E-state index in [9.17, 15) is 9.90 Å². The molecule has 2 aliphatic heterocycles. The van der Waals surface area contributed by atoms with Crippen molar-refractivity contribution in [2.24, 2.45) is 5.92 Å². The van der Waals surface area contributed by atoms with Crippen LogP contribution in [0.2, 0.25) is 0 Å². The number of rotatable bonds is 3. The smallest absolute Gasteiger partial charge is 0.324 e. The van der Waals surface area contributed by atoms with Gasteiger partial charge in [-0.05, 0) is 37.2 Å². The van der Waals surface area contributed by atoms with E-state index < -0.39 is 11.5 Å². The zero-order valence-electron chi connectivity index (χ0n) is 10.5. The Hall–Kier alpha value is -1.35. The summed E-state index contributed by atoms with van der Waals surface area (Å²) in [5, 5.41) is 9.62. The van der Waals surface area contributed by atoms with Crippen LogP contribution in [0, 0.1) is 5.92 Å². The highest BCUT2D eigenvalue weighted by Gasteiger charge is 2.51. The van der Waals surface area contributed by atoms with Gasteiger partial charge in [0.05, 0.1) is 0 Å². The molecule has 0 amide bonds.